The summed E-state index contributed by atoms with van der Waals surface area (Å²) >= 11 is 0. The molecule has 2 rings (SSSR count). The minimum absolute atomic E-state index is 0.479. The van der Waals surface area contributed by atoms with Crippen LogP contribution in [0.2, 0.25) is 0 Å². The van der Waals surface area contributed by atoms with Crippen molar-refractivity contribution in [3.63, 3.8) is 0 Å². The van der Waals surface area contributed by atoms with Crippen LogP contribution in [0.4, 0.5) is 0 Å². The second kappa shape index (κ2) is 6.58. The Bertz CT molecular complexity index is 587. The number of para-hydroxylation sites is 2. The maximum atomic E-state index is 10.7. The molecule has 0 radical (unpaired) electrons. The van der Waals surface area contributed by atoms with E-state index in [2.05, 4.69) is 23.4 Å². The summed E-state index contributed by atoms with van der Waals surface area (Å²) in [5.41, 5.74) is 1.58. The van der Waals surface area contributed by atoms with Crippen LogP contribution in [0.5, 0.6) is 0 Å². The molecule has 116 valence electrons. The highest BCUT2D eigenvalue weighted by molar-refractivity contribution is 5.75. The van der Waals surface area contributed by atoms with E-state index in [0.29, 0.717) is 13.0 Å². The quantitative estimate of drug-likeness (QED) is 0.852. The van der Waals surface area contributed by atoms with Crippen LogP contribution < -0.4 is 0 Å². The molecule has 0 saturated carbocycles. The zero-order chi connectivity index (χ0) is 15.5. The number of nitrogens with zero attached hydrogens (tertiary/aromatic N) is 2. The van der Waals surface area contributed by atoms with E-state index in [4.69, 9.17) is 4.74 Å². The molecule has 21 heavy (non-hydrogen) atoms. The fourth-order valence-corrected chi connectivity index (χ4v) is 3.05. The molecule has 4 nitrogen and oxygen atoms in total. The SMILES string of the molecule is CCOC(CC)(CC)C(O)Cc1nc2ccccc2n1C. The average Bonchev–Trinajstić information content (AvgIpc) is 2.81. The lowest BCUT2D eigenvalue weighted by Crippen LogP contribution is -2.45. The highest BCUT2D eigenvalue weighted by Gasteiger charge is 2.36. The van der Waals surface area contributed by atoms with Crippen molar-refractivity contribution < 1.29 is 9.84 Å². The minimum atomic E-state index is -0.553. The second-order valence-electron chi connectivity index (χ2n) is 5.50. The fraction of sp³-hybridized carbons (Fsp3) is 0.588. The molecule has 1 aromatic heterocycles. The Labute approximate surface area is 126 Å². The number of hydrogen-bond donors (Lipinski definition) is 1. The largest absolute Gasteiger partial charge is 0.390 e. The molecule has 4 heteroatoms. The molecule has 0 aliphatic heterocycles. The maximum absolute atomic E-state index is 10.7. The summed E-state index contributed by atoms with van der Waals surface area (Å²) in [6, 6.07) is 8.04. The normalized spacial score (nSPS) is 13.8. The van der Waals surface area contributed by atoms with Crippen LogP contribution >= 0.6 is 0 Å². The van der Waals surface area contributed by atoms with Gasteiger partial charge in [0.1, 0.15) is 5.82 Å². The van der Waals surface area contributed by atoms with Gasteiger partial charge in [0.05, 0.1) is 22.7 Å². The van der Waals surface area contributed by atoms with Gasteiger partial charge in [0.25, 0.3) is 0 Å². The van der Waals surface area contributed by atoms with E-state index < -0.39 is 11.7 Å². The van der Waals surface area contributed by atoms with Crippen molar-refractivity contribution in [1.82, 2.24) is 9.55 Å². The molecule has 0 spiro atoms. The van der Waals surface area contributed by atoms with Crippen LogP contribution in [0.3, 0.4) is 0 Å². The molecule has 1 heterocycles. The first-order valence-electron chi connectivity index (χ1n) is 7.80. The van der Waals surface area contributed by atoms with E-state index in [-0.39, 0.29) is 0 Å². The van der Waals surface area contributed by atoms with Crippen molar-refractivity contribution in [2.75, 3.05) is 6.61 Å². The molecular weight excluding hydrogens is 264 g/mol. The smallest absolute Gasteiger partial charge is 0.112 e. The fourth-order valence-electron chi connectivity index (χ4n) is 3.05. The van der Waals surface area contributed by atoms with Gasteiger partial charge in [0.2, 0.25) is 0 Å². The maximum Gasteiger partial charge on any atom is 0.112 e. The van der Waals surface area contributed by atoms with Crippen LogP contribution in [0.25, 0.3) is 11.0 Å². The molecule has 0 fully saturated rings. The number of ether oxygens (including phenoxy) is 1. The number of rotatable bonds is 7. The van der Waals surface area contributed by atoms with E-state index in [1.54, 1.807) is 0 Å². The predicted octanol–water partition coefficient (Wildman–Crippen LogP) is 3.07. The Morgan fingerprint density at radius 3 is 2.48 bits per heavy atom. The zero-order valence-electron chi connectivity index (χ0n) is 13.5. The van der Waals surface area contributed by atoms with Crippen molar-refractivity contribution in [3.05, 3.63) is 30.1 Å². The third kappa shape index (κ3) is 2.97. The highest BCUT2D eigenvalue weighted by Crippen LogP contribution is 2.28. The first-order valence-corrected chi connectivity index (χ1v) is 7.80. The van der Waals surface area contributed by atoms with Gasteiger partial charge >= 0.3 is 0 Å². The number of fused-ring (bicyclic) bond motifs is 1. The Kier molecular flexibility index (Phi) is 5.01. The van der Waals surface area contributed by atoms with Gasteiger partial charge in [-0.25, -0.2) is 4.98 Å². The lowest BCUT2D eigenvalue weighted by molar-refractivity contribution is -0.125. The number of imidazole rings is 1. The summed E-state index contributed by atoms with van der Waals surface area (Å²) in [4.78, 5) is 4.64. The monoisotopic (exact) mass is 290 g/mol. The van der Waals surface area contributed by atoms with Gasteiger partial charge in [-0.05, 0) is 31.9 Å². The van der Waals surface area contributed by atoms with Crippen molar-refractivity contribution in [3.8, 4) is 0 Å². The predicted molar refractivity (Wildman–Crippen MR) is 85.4 cm³/mol. The summed E-state index contributed by atoms with van der Waals surface area (Å²) in [5, 5.41) is 10.7. The number of hydrogen-bond acceptors (Lipinski definition) is 3. The third-order valence-electron chi connectivity index (χ3n) is 4.49. The topological polar surface area (TPSA) is 47.3 Å². The summed E-state index contributed by atoms with van der Waals surface area (Å²) in [6.45, 7) is 6.72. The minimum Gasteiger partial charge on any atom is -0.390 e. The Morgan fingerprint density at radius 1 is 1.24 bits per heavy atom. The van der Waals surface area contributed by atoms with Gasteiger partial charge in [-0.3, -0.25) is 0 Å². The molecule has 0 bridgehead atoms. The van der Waals surface area contributed by atoms with E-state index in [0.717, 1.165) is 29.7 Å². The number of aliphatic hydroxyl groups excluding tert-OH is 1. The summed E-state index contributed by atoms with van der Waals surface area (Å²) < 4.78 is 7.94. The van der Waals surface area contributed by atoms with Gasteiger partial charge in [-0.2, -0.15) is 0 Å². The number of aromatic nitrogens is 2. The standard InChI is InChI=1S/C17H26N2O2/c1-5-17(6-2,21-7-3)15(20)12-16-18-13-10-8-9-11-14(13)19(16)4/h8-11,15,20H,5-7,12H2,1-4H3. The zero-order valence-corrected chi connectivity index (χ0v) is 13.5. The Morgan fingerprint density at radius 2 is 1.90 bits per heavy atom. The molecule has 1 N–H and O–H groups in total. The van der Waals surface area contributed by atoms with Gasteiger partial charge < -0.3 is 14.4 Å². The van der Waals surface area contributed by atoms with E-state index in [1.807, 2.05) is 38.2 Å². The third-order valence-corrected chi connectivity index (χ3v) is 4.49. The van der Waals surface area contributed by atoms with Crippen LogP contribution in [0.15, 0.2) is 24.3 Å². The summed E-state index contributed by atoms with van der Waals surface area (Å²) in [5.74, 6) is 0.898. The first-order chi connectivity index (χ1) is 10.1. The number of benzene rings is 1. The molecule has 1 atom stereocenters. The molecule has 0 amide bonds. The Hall–Kier alpha value is -1.39. The molecule has 0 saturated heterocycles. The van der Waals surface area contributed by atoms with Crippen LogP contribution in [-0.4, -0.2) is 33.0 Å². The lowest BCUT2D eigenvalue weighted by atomic mass is 9.88. The first kappa shape index (κ1) is 16.0. The number of aryl methyl sites for hydroxylation is 1. The summed E-state index contributed by atoms with van der Waals surface area (Å²) in [6.07, 6.45) is 1.54. The molecular formula is C17H26N2O2. The highest BCUT2D eigenvalue weighted by atomic mass is 16.5. The van der Waals surface area contributed by atoms with Crippen molar-refractivity contribution >= 4 is 11.0 Å². The number of aliphatic hydroxyl groups is 1. The van der Waals surface area contributed by atoms with Crippen LogP contribution in [0, 0.1) is 0 Å². The summed E-state index contributed by atoms with van der Waals surface area (Å²) in [7, 11) is 2.00. The van der Waals surface area contributed by atoms with Gasteiger partial charge in [-0.1, -0.05) is 26.0 Å². The van der Waals surface area contributed by atoms with Crippen molar-refractivity contribution in [2.45, 2.75) is 51.7 Å². The molecule has 0 aliphatic carbocycles. The van der Waals surface area contributed by atoms with Crippen molar-refractivity contribution in [2.24, 2.45) is 7.05 Å². The van der Waals surface area contributed by atoms with Gasteiger partial charge in [0.15, 0.2) is 0 Å². The lowest BCUT2D eigenvalue weighted by Gasteiger charge is -2.36. The average molecular weight is 290 g/mol. The van der Waals surface area contributed by atoms with Gasteiger partial charge in [-0.15, -0.1) is 0 Å². The van der Waals surface area contributed by atoms with Crippen LogP contribution in [0.1, 0.15) is 39.4 Å². The van der Waals surface area contributed by atoms with Crippen LogP contribution in [-0.2, 0) is 18.2 Å². The molecule has 1 unspecified atom stereocenters. The van der Waals surface area contributed by atoms with Gasteiger partial charge in [0, 0.05) is 20.1 Å². The molecule has 2 aromatic rings. The van der Waals surface area contributed by atoms with E-state index in [9.17, 15) is 5.11 Å². The second-order valence-corrected chi connectivity index (χ2v) is 5.50. The van der Waals surface area contributed by atoms with E-state index in [1.165, 1.54) is 0 Å². The van der Waals surface area contributed by atoms with E-state index >= 15 is 0 Å². The Balaban J connectivity index is 2.28. The van der Waals surface area contributed by atoms with Crippen molar-refractivity contribution in [1.29, 1.82) is 0 Å². The molecule has 0 aliphatic rings. The molecule has 1 aromatic carbocycles.